The number of rotatable bonds is 5. The zero-order valence-corrected chi connectivity index (χ0v) is 19.5. The highest BCUT2D eigenvalue weighted by atomic mass is 79.9. The van der Waals surface area contributed by atoms with Crippen LogP contribution in [0, 0.1) is 6.92 Å². The largest absolute Gasteiger partial charge is 0.496 e. The van der Waals surface area contributed by atoms with Crippen molar-refractivity contribution in [2.45, 2.75) is 13.5 Å². The summed E-state index contributed by atoms with van der Waals surface area (Å²) in [4.78, 5) is 12.9. The Morgan fingerprint density at radius 2 is 1.73 bits per heavy atom. The zero-order valence-electron chi connectivity index (χ0n) is 16.4. The van der Waals surface area contributed by atoms with Gasteiger partial charge in [-0.3, -0.25) is 4.79 Å². The maximum absolute atomic E-state index is 12.9. The molecule has 0 fully saturated rings. The van der Waals surface area contributed by atoms with Crippen LogP contribution in [0.5, 0.6) is 17.2 Å². The average Bonchev–Trinajstić information content (AvgIpc) is 3.03. The molecule has 3 aromatic rings. The van der Waals surface area contributed by atoms with E-state index in [9.17, 15) is 4.79 Å². The first kappa shape index (κ1) is 20.7. The minimum atomic E-state index is -0.149. The van der Waals surface area contributed by atoms with Crippen molar-refractivity contribution in [3.8, 4) is 17.2 Å². The first-order chi connectivity index (χ1) is 14.4. The predicted octanol–water partition coefficient (Wildman–Crippen LogP) is 6.72. The third kappa shape index (κ3) is 4.30. The SMILES string of the molecule is COc1ccc(Br)cc1/C=C1\Oc2cc(OCc3ccc(Br)cc3)cc(C)c2C1=O. The van der Waals surface area contributed by atoms with Crippen molar-refractivity contribution < 1.29 is 19.0 Å². The number of fused-ring (bicyclic) bond motifs is 1. The molecule has 4 rings (SSSR count). The lowest BCUT2D eigenvalue weighted by molar-refractivity contribution is 0.101. The van der Waals surface area contributed by atoms with Crippen molar-refractivity contribution >= 4 is 43.7 Å². The van der Waals surface area contributed by atoms with Gasteiger partial charge in [0.15, 0.2) is 5.76 Å². The van der Waals surface area contributed by atoms with Gasteiger partial charge in [0.2, 0.25) is 5.78 Å². The van der Waals surface area contributed by atoms with Crippen molar-refractivity contribution in [1.82, 2.24) is 0 Å². The Labute approximate surface area is 191 Å². The monoisotopic (exact) mass is 528 g/mol. The van der Waals surface area contributed by atoms with Crippen molar-refractivity contribution in [3.63, 3.8) is 0 Å². The maximum Gasteiger partial charge on any atom is 0.232 e. The van der Waals surface area contributed by atoms with Gasteiger partial charge in [-0.05, 0) is 60.5 Å². The molecule has 4 nitrogen and oxygen atoms in total. The highest BCUT2D eigenvalue weighted by Crippen LogP contribution is 2.38. The molecule has 0 bridgehead atoms. The van der Waals surface area contributed by atoms with Gasteiger partial charge in [0, 0.05) is 20.6 Å². The summed E-state index contributed by atoms with van der Waals surface area (Å²) in [7, 11) is 1.59. The van der Waals surface area contributed by atoms with Crippen LogP contribution in [0.2, 0.25) is 0 Å². The number of carbonyl (C=O) groups is 1. The van der Waals surface area contributed by atoms with E-state index in [4.69, 9.17) is 14.2 Å². The molecular formula is C24H18Br2O4. The van der Waals surface area contributed by atoms with E-state index in [0.717, 1.165) is 25.6 Å². The molecule has 0 atom stereocenters. The highest BCUT2D eigenvalue weighted by Gasteiger charge is 2.30. The Hall–Kier alpha value is -2.57. The fraction of sp³-hybridized carbons (Fsp3) is 0.125. The number of hydrogen-bond acceptors (Lipinski definition) is 4. The molecule has 1 heterocycles. The summed E-state index contributed by atoms with van der Waals surface area (Å²) >= 11 is 6.88. The van der Waals surface area contributed by atoms with Crippen LogP contribution in [0.1, 0.15) is 27.0 Å². The van der Waals surface area contributed by atoms with Crippen LogP contribution in [0.4, 0.5) is 0 Å². The summed E-state index contributed by atoms with van der Waals surface area (Å²) in [5, 5.41) is 0. The number of carbonyl (C=O) groups excluding carboxylic acids is 1. The fourth-order valence-electron chi connectivity index (χ4n) is 3.27. The van der Waals surface area contributed by atoms with Crippen LogP contribution in [-0.4, -0.2) is 12.9 Å². The van der Waals surface area contributed by atoms with E-state index in [1.807, 2.05) is 55.5 Å². The summed E-state index contributed by atoms with van der Waals surface area (Å²) < 4.78 is 19.1. The smallest absolute Gasteiger partial charge is 0.232 e. The van der Waals surface area contributed by atoms with Gasteiger partial charge in [-0.15, -0.1) is 0 Å². The van der Waals surface area contributed by atoms with Gasteiger partial charge >= 0.3 is 0 Å². The van der Waals surface area contributed by atoms with Crippen LogP contribution in [0.25, 0.3) is 6.08 Å². The van der Waals surface area contributed by atoms with Crippen molar-refractivity contribution in [1.29, 1.82) is 0 Å². The molecule has 0 aromatic heterocycles. The second-order valence-electron chi connectivity index (χ2n) is 6.85. The molecule has 0 unspecified atom stereocenters. The fourth-order valence-corrected chi connectivity index (χ4v) is 3.91. The quantitative estimate of drug-likeness (QED) is 0.344. The van der Waals surface area contributed by atoms with E-state index in [1.165, 1.54) is 0 Å². The molecule has 0 spiro atoms. The lowest BCUT2D eigenvalue weighted by Crippen LogP contribution is -2.00. The topological polar surface area (TPSA) is 44.8 Å². The van der Waals surface area contributed by atoms with Crippen molar-refractivity contribution in [2.75, 3.05) is 7.11 Å². The van der Waals surface area contributed by atoms with Gasteiger partial charge in [0.05, 0.1) is 12.7 Å². The lowest BCUT2D eigenvalue weighted by atomic mass is 10.0. The Balaban J connectivity index is 1.59. The standard InChI is InChI=1S/C24H18Br2O4/c1-14-9-19(29-13-15-3-5-17(25)6-4-15)12-21-23(14)24(27)22(30-21)11-16-10-18(26)7-8-20(16)28-2/h3-12H,13H2,1-2H3/b22-11-. The summed E-state index contributed by atoms with van der Waals surface area (Å²) in [6.45, 7) is 2.31. The number of ether oxygens (including phenoxy) is 3. The first-order valence-electron chi connectivity index (χ1n) is 9.24. The number of aryl methyl sites for hydroxylation is 1. The van der Waals surface area contributed by atoms with E-state index in [1.54, 1.807) is 19.3 Å². The second kappa shape index (κ2) is 8.66. The van der Waals surface area contributed by atoms with E-state index < -0.39 is 0 Å². The number of ketones is 1. The number of methoxy groups -OCH3 is 1. The third-order valence-electron chi connectivity index (χ3n) is 4.74. The molecule has 0 amide bonds. The molecule has 30 heavy (non-hydrogen) atoms. The number of Topliss-reactive ketones (excluding diaryl/α,β-unsaturated/α-hetero) is 1. The Kier molecular flexibility index (Phi) is 5.97. The van der Waals surface area contributed by atoms with Gasteiger partial charge < -0.3 is 14.2 Å². The molecule has 0 saturated heterocycles. The van der Waals surface area contributed by atoms with Gasteiger partial charge in [0.25, 0.3) is 0 Å². The van der Waals surface area contributed by atoms with E-state index in [-0.39, 0.29) is 11.5 Å². The predicted molar refractivity (Wildman–Crippen MR) is 123 cm³/mol. The first-order valence-corrected chi connectivity index (χ1v) is 10.8. The van der Waals surface area contributed by atoms with Crippen LogP contribution in [0.3, 0.4) is 0 Å². The minimum Gasteiger partial charge on any atom is -0.496 e. The summed E-state index contributed by atoms with van der Waals surface area (Å²) in [6.07, 6.45) is 1.70. The molecular weight excluding hydrogens is 512 g/mol. The Bertz CT molecular complexity index is 1150. The molecule has 6 heteroatoms. The maximum atomic E-state index is 12.9. The third-order valence-corrected chi connectivity index (χ3v) is 5.76. The minimum absolute atomic E-state index is 0.149. The van der Waals surface area contributed by atoms with Crippen molar-refractivity contribution in [3.05, 3.63) is 91.6 Å². The van der Waals surface area contributed by atoms with Crippen LogP contribution in [-0.2, 0) is 6.61 Å². The van der Waals surface area contributed by atoms with E-state index in [2.05, 4.69) is 31.9 Å². The highest BCUT2D eigenvalue weighted by molar-refractivity contribution is 9.10. The summed E-state index contributed by atoms with van der Waals surface area (Å²) in [5.74, 6) is 1.93. The normalized spacial score (nSPS) is 13.9. The van der Waals surface area contributed by atoms with Crippen molar-refractivity contribution in [2.24, 2.45) is 0 Å². The number of halogens is 2. The van der Waals surface area contributed by atoms with E-state index >= 15 is 0 Å². The number of benzene rings is 3. The van der Waals surface area contributed by atoms with E-state index in [0.29, 0.717) is 29.4 Å². The number of allylic oxidation sites excluding steroid dienone is 1. The molecule has 3 aromatic carbocycles. The second-order valence-corrected chi connectivity index (χ2v) is 8.69. The lowest BCUT2D eigenvalue weighted by Gasteiger charge is -2.09. The summed E-state index contributed by atoms with van der Waals surface area (Å²) in [6, 6.07) is 17.2. The van der Waals surface area contributed by atoms with Gasteiger partial charge in [-0.2, -0.15) is 0 Å². The van der Waals surface area contributed by atoms with Crippen LogP contribution >= 0.6 is 31.9 Å². The van der Waals surface area contributed by atoms with Gasteiger partial charge in [-0.1, -0.05) is 44.0 Å². The number of hydrogen-bond donors (Lipinski definition) is 0. The molecule has 152 valence electrons. The van der Waals surface area contributed by atoms with Crippen LogP contribution in [0.15, 0.2) is 69.3 Å². The molecule has 0 radical (unpaired) electrons. The molecule has 1 aliphatic rings. The molecule has 0 N–H and O–H groups in total. The zero-order chi connectivity index (χ0) is 21.3. The molecule has 1 aliphatic heterocycles. The van der Waals surface area contributed by atoms with Crippen LogP contribution < -0.4 is 14.2 Å². The van der Waals surface area contributed by atoms with Gasteiger partial charge in [0.1, 0.15) is 23.9 Å². The Morgan fingerprint density at radius 1 is 1.00 bits per heavy atom. The summed E-state index contributed by atoms with van der Waals surface area (Å²) in [5.41, 5.74) is 3.18. The average molecular weight is 530 g/mol. The Morgan fingerprint density at radius 3 is 2.47 bits per heavy atom. The molecule has 0 aliphatic carbocycles. The van der Waals surface area contributed by atoms with Gasteiger partial charge in [-0.25, -0.2) is 0 Å². The molecule has 0 saturated carbocycles.